The summed E-state index contributed by atoms with van der Waals surface area (Å²) in [4.78, 5) is 32.7. The number of hydrogen-bond donors (Lipinski definition) is 1. The van der Waals surface area contributed by atoms with Gasteiger partial charge in [-0.1, -0.05) is 74.5 Å². The standard InChI is InChI=1S/C28H31N3O2/c1-21(2)19-30-27(33)28(15-17-31(20-28)26(32)25-14-8-9-16-29-25)18-23-12-6-7-13-24(23)22-10-4-3-5-11-22/h3-14,16,21H,15,17-20H2,1-2H3,(H,30,33)/t28-/m0/s1. The molecule has 2 aromatic carbocycles. The largest absolute Gasteiger partial charge is 0.355 e. The van der Waals surface area contributed by atoms with Crippen LogP contribution in [-0.4, -0.2) is 41.3 Å². The monoisotopic (exact) mass is 441 g/mol. The summed E-state index contributed by atoms with van der Waals surface area (Å²) in [5.74, 6) is 0.260. The zero-order valence-corrected chi connectivity index (χ0v) is 19.3. The van der Waals surface area contributed by atoms with Crippen molar-refractivity contribution in [1.29, 1.82) is 0 Å². The van der Waals surface area contributed by atoms with Gasteiger partial charge in [0, 0.05) is 25.8 Å². The number of carbonyl (C=O) groups is 2. The number of nitrogens with one attached hydrogen (secondary N) is 1. The van der Waals surface area contributed by atoms with E-state index < -0.39 is 5.41 Å². The molecule has 1 aliphatic rings. The zero-order valence-electron chi connectivity index (χ0n) is 19.3. The number of pyridine rings is 1. The first-order chi connectivity index (χ1) is 16.0. The summed E-state index contributed by atoms with van der Waals surface area (Å²) < 4.78 is 0. The molecular formula is C28H31N3O2. The minimum absolute atomic E-state index is 0.0235. The van der Waals surface area contributed by atoms with Crippen molar-refractivity contribution in [3.05, 3.63) is 90.3 Å². The van der Waals surface area contributed by atoms with Gasteiger partial charge in [-0.25, -0.2) is 0 Å². The van der Waals surface area contributed by atoms with Crippen molar-refractivity contribution < 1.29 is 9.59 Å². The predicted octanol–water partition coefficient (Wildman–Crippen LogP) is 4.60. The molecule has 1 aromatic heterocycles. The SMILES string of the molecule is CC(C)CNC(=O)[C@]1(Cc2ccccc2-c2ccccc2)CCN(C(=O)c2ccccn2)C1. The first-order valence-electron chi connectivity index (χ1n) is 11.6. The molecule has 0 unspecified atom stereocenters. The average Bonchev–Trinajstić information content (AvgIpc) is 3.28. The fourth-order valence-electron chi connectivity index (χ4n) is 4.53. The molecule has 5 nitrogen and oxygen atoms in total. The Hall–Kier alpha value is -3.47. The van der Waals surface area contributed by atoms with Crippen LogP contribution in [-0.2, 0) is 11.2 Å². The third-order valence-corrected chi connectivity index (χ3v) is 6.31. The minimum atomic E-state index is -0.676. The Bertz CT molecular complexity index is 1100. The highest BCUT2D eigenvalue weighted by Gasteiger charge is 2.46. The fraction of sp³-hybridized carbons (Fsp3) is 0.321. The molecule has 0 radical (unpaired) electrons. The van der Waals surface area contributed by atoms with Gasteiger partial charge in [-0.3, -0.25) is 14.6 Å². The van der Waals surface area contributed by atoms with E-state index in [0.29, 0.717) is 44.1 Å². The van der Waals surface area contributed by atoms with E-state index in [1.807, 2.05) is 36.4 Å². The summed E-state index contributed by atoms with van der Waals surface area (Å²) in [5, 5.41) is 3.15. The first kappa shape index (κ1) is 22.7. The smallest absolute Gasteiger partial charge is 0.272 e. The maximum atomic E-state index is 13.6. The number of amides is 2. The Labute approximate surface area is 195 Å². The van der Waals surface area contributed by atoms with E-state index >= 15 is 0 Å². The van der Waals surface area contributed by atoms with Crippen molar-refractivity contribution in [2.45, 2.75) is 26.7 Å². The van der Waals surface area contributed by atoms with Crippen LogP contribution < -0.4 is 5.32 Å². The number of nitrogens with zero attached hydrogens (tertiary/aromatic N) is 2. The van der Waals surface area contributed by atoms with E-state index in [0.717, 1.165) is 16.7 Å². The van der Waals surface area contributed by atoms with Gasteiger partial charge in [0.05, 0.1) is 5.41 Å². The van der Waals surface area contributed by atoms with E-state index in [9.17, 15) is 9.59 Å². The molecule has 2 amide bonds. The Morgan fingerprint density at radius 2 is 1.73 bits per heavy atom. The summed E-state index contributed by atoms with van der Waals surface area (Å²) in [7, 11) is 0. The maximum Gasteiger partial charge on any atom is 0.272 e. The van der Waals surface area contributed by atoms with Gasteiger partial charge in [0.2, 0.25) is 5.91 Å². The van der Waals surface area contributed by atoms with E-state index in [4.69, 9.17) is 0 Å². The van der Waals surface area contributed by atoms with Gasteiger partial charge in [0.25, 0.3) is 5.91 Å². The van der Waals surface area contributed by atoms with Crippen molar-refractivity contribution in [3.8, 4) is 11.1 Å². The van der Waals surface area contributed by atoms with Crippen molar-refractivity contribution in [3.63, 3.8) is 0 Å². The van der Waals surface area contributed by atoms with Gasteiger partial charge >= 0.3 is 0 Å². The van der Waals surface area contributed by atoms with Crippen LogP contribution in [0.15, 0.2) is 79.0 Å². The predicted molar refractivity (Wildman–Crippen MR) is 131 cm³/mol. The second-order valence-electron chi connectivity index (χ2n) is 9.28. The van der Waals surface area contributed by atoms with Crippen molar-refractivity contribution in [2.24, 2.45) is 11.3 Å². The Kier molecular flexibility index (Phi) is 6.87. The molecule has 33 heavy (non-hydrogen) atoms. The Morgan fingerprint density at radius 3 is 2.45 bits per heavy atom. The lowest BCUT2D eigenvalue weighted by Gasteiger charge is -2.29. The van der Waals surface area contributed by atoms with Crippen LogP contribution in [0.5, 0.6) is 0 Å². The van der Waals surface area contributed by atoms with E-state index in [-0.39, 0.29) is 11.8 Å². The van der Waals surface area contributed by atoms with E-state index in [1.165, 1.54) is 0 Å². The molecule has 0 bridgehead atoms. The van der Waals surface area contributed by atoms with Gasteiger partial charge < -0.3 is 10.2 Å². The molecular weight excluding hydrogens is 410 g/mol. The highest BCUT2D eigenvalue weighted by atomic mass is 16.2. The highest BCUT2D eigenvalue weighted by Crippen LogP contribution is 2.38. The summed E-state index contributed by atoms with van der Waals surface area (Å²) in [5.41, 5.74) is 3.12. The third-order valence-electron chi connectivity index (χ3n) is 6.31. The van der Waals surface area contributed by atoms with Crippen LogP contribution in [0.25, 0.3) is 11.1 Å². The molecule has 1 aliphatic heterocycles. The van der Waals surface area contributed by atoms with E-state index in [2.05, 4.69) is 48.4 Å². The second-order valence-corrected chi connectivity index (χ2v) is 9.28. The topological polar surface area (TPSA) is 62.3 Å². The highest BCUT2D eigenvalue weighted by molar-refractivity contribution is 5.94. The molecule has 0 spiro atoms. The molecule has 1 saturated heterocycles. The van der Waals surface area contributed by atoms with Crippen molar-refractivity contribution >= 4 is 11.8 Å². The minimum Gasteiger partial charge on any atom is -0.355 e. The molecule has 1 N–H and O–H groups in total. The Balaban J connectivity index is 1.65. The van der Waals surface area contributed by atoms with E-state index in [1.54, 1.807) is 23.2 Å². The summed E-state index contributed by atoms with van der Waals surface area (Å²) in [6.45, 7) is 5.72. The molecule has 4 rings (SSSR count). The number of likely N-dealkylation sites (tertiary alicyclic amines) is 1. The molecule has 3 aromatic rings. The summed E-state index contributed by atoms with van der Waals surface area (Å²) in [6, 6.07) is 23.8. The number of benzene rings is 2. The lowest BCUT2D eigenvalue weighted by atomic mass is 9.78. The van der Waals surface area contributed by atoms with Crippen LogP contribution in [0.4, 0.5) is 0 Å². The van der Waals surface area contributed by atoms with Gasteiger partial charge in [0.1, 0.15) is 5.69 Å². The first-order valence-corrected chi connectivity index (χ1v) is 11.6. The lowest BCUT2D eigenvalue weighted by Crippen LogP contribution is -2.46. The van der Waals surface area contributed by atoms with Gasteiger partial charge in [-0.15, -0.1) is 0 Å². The van der Waals surface area contributed by atoms with Gasteiger partial charge in [-0.2, -0.15) is 0 Å². The average molecular weight is 442 g/mol. The molecule has 1 atom stereocenters. The number of hydrogen-bond acceptors (Lipinski definition) is 3. The van der Waals surface area contributed by atoms with Crippen LogP contribution in [0.1, 0.15) is 36.3 Å². The Morgan fingerprint density at radius 1 is 1.00 bits per heavy atom. The van der Waals surface area contributed by atoms with Gasteiger partial charge in [0.15, 0.2) is 0 Å². The van der Waals surface area contributed by atoms with Crippen LogP contribution >= 0.6 is 0 Å². The third kappa shape index (κ3) is 5.14. The summed E-state index contributed by atoms with van der Waals surface area (Å²) in [6.07, 6.45) is 2.83. The lowest BCUT2D eigenvalue weighted by molar-refractivity contribution is -0.130. The van der Waals surface area contributed by atoms with Crippen LogP contribution in [0, 0.1) is 11.3 Å². The molecule has 2 heterocycles. The quantitative estimate of drug-likeness (QED) is 0.583. The summed E-state index contributed by atoms with van der Waals surface area (Å²) >= 11 is 0. The van der Waals surface area contributed by atoms with Crippen LogP contribution in [0.3, 0.4) is 0 Å². The van der Waals surface area contributed by atoms with Crippen molar-refractivity contribution in [1.82, 2.24) is 15.2 Å². The normalized spacial score (nSPS) is 17.8. The van der Waals surface area contributed by atoms with Crippen LogP contribution in [0.2, 0.25) is 0 Å². The molecule has 1 fully saturated rings. The number of carbonyl (C=O) groups excluding carboxylic acids is 2. The maximum absolute atomic E-state index is 13.6. The van der Waals surface area contributed by atoms with Crippen molar-refractivity contribution in [2.75, 3.05) is 19.6 Å². The number of rotatable bonds is 7. The fourth-order valence-corrected chi connectivity index (χ4v) is 4.53. The molecule has 170 valence electrons. The molecule has 0 aliphatic carbocycles. The molecule has 5 heteroatoms. The van der Waals surface area contributed by atoms with Gasteiger partial charge in [-0.05, 0) is 47.6 Å². The number of aromatic nitrogens is 1. The molecule has 0 saturated carbocycles. The second kappa shape index (κ2) is 9.99. The zero-order chi connectivity index (χ0) is 23.3.